The van der Waals surface area contributed by atoms with Crippen LogP contribution in [0.5, 0.6) is 0 Å². The third-order valence-electron chi connectivity index (χ3n) is 2.93. The maximum Gasteiger partial charge on any atom is 0.0673 e. The summed E-state index contributed by atoms with van der Waals surface area (Å²) < 4.78 is 0. The first-order chi connectivity index (χ1) is 8.63. The smallest absolute Gasteiger partial charge is 0.0673 e. The number of halogens is 3. The van der Waals surface area contributed by atoms with Crippen LogP contribution in [0.4, 0.5) is 0 Å². The Bertz CT molecular complexity index is 514. The molecule has 2 rings (SSSR count). The Labute approximate surface area is 126 Å². The highest BCUT2D eigenvalue weighted by atomic mass is 79.9. The van der Waals surface area contributed by atoms with Gasteiger partial charge in [0.15, 0.2) is 0 Å². The average molecular weight is 344 g/mol. The SMILES string of the molecule is CCc1ccc(C(Br)c2c(Cl)cccc2Cl)cc1. The zero-order valence-corrected chi connectivity index (χ0v) is 13.1. The number of alkyl halides is 1. The minimum atomic E-state index is 0.0182. The fourth-order valence-electron chi connectivity index (χ4n) is 1.84. The first-order valence-corrected chi connectivity index (χ1v) is 7.47. The summed E-state index contributed by atoms with van der Waals surface area (Å²) in [6, 6.07) is 14.1. The van der Waals surface area contributed by atoms with Gasteiger partial charge < -0.3 is 0 Å². The number of benzene rings is 2. The molecule has 0 aliphatic rings. The fraction of sp³-hybridized carbons (Fsp3) is 0.200. The van der Waals surface area contributed by atoms with Crippen molar-refractivity contribution in [3.05, 3.63) is 69.2 Å². The molecule has 0 radical (unpaired) electrons. The molecular formula is C15H13BrCl2. The summed E-state index contributed by atoms with van der Waals surface area (Å²) in [6.07, 6.45) is 1.04. The van der Waals surface area contributed by atoms with Crippen LogP contribution >= 0.6 is 39.1 Å². The molecule has 0 amide bonds. The van der Waals surface area contributed by atoms with Gasteiger partial charge in [0.05, 0.1) is 4.83 Å². The van der Waals surface area contributed by atoms with E-state index in [0.29, 0.717) is 10.0 Å². The number of hydrogen-bond donors (Lipinski definition) is 0. The molecule has 0 N–H and O–H groups in total. The van der Waals surface area contributed by atoms with Crippen LogP contribution in [-0.2, 0) is 6.42 Å². The lowest BCUT2D eigenvalue weighted by Gasteiger charge is -2.14. The van der Waals surface area contributed by atoms with E-state index >= 15 is 0 Å². The fourth-order valence-corrected chi connectivity index (χ4v) is 3.52. The molecule has 0 heterocycles. The van der Waals surface area contributed by atoms with Crippen LogP contribution < -0.4 is 0 Å². The van der Waals surface area contributed by atoms with Gasteiger partial charge in [0.25, 0.3) is 0 Å². The van der Waals surface area contributed by atoms with E-state index in [9.17, 15) is 0 Å². The highest BCUT2D eigenvalue weighted by Crippen LogP contribution is 2.39. The summed E-state index contributed by atoms with van der Waals surface area (Å²) >= 11 is 16.1. The van der Waals surface area contributed by atoms with Gasteiger partial charge in [0, 0.05) is 15.6 Å². The second-order valence-electron chi connectivity index (χ2n) is 4.09. The molecule has 1 atom stereocenters. The molecule has 0 aliphatic carbocycles. The predicted octanol–water partition coefficient (Wildman–Crippen LogP) is 6.04. The lowest BCUT2D eigenvalue weighted by Crippen LogP contribution is -1.95. The predicted molar refractivity (Wildman–Crippen MR) is 83.1 cm³/mol. The van der Waals surface area contributed by atoms with Crippen molar-refractivity contribution in [1.82, 2.24) is 0 Å². The molecule has 18 heavy (non-hydrogen) atoms. The van der Waals surface area contributed by atoms with Gasteiger partial charge in [-0.1, -0.05) is 76.4 Å². The molecule has 94 valence electrons. The Morgan fingerprint density at radius 1 is 1.00 bits per heavy atom. The van der Waals surface area contributed by atoms with Crippen molar-refractivity contribution in [2.75, 3.05) is 0 Å². The van der Waals surface area contributed by atoms with Crippen LogP contribution in [0.2, 0.25) is 10.0 Å². The molecular weight excluding hydrogens is 331 g/mol. The Morgan fingerprint density at radius 2 is 1.56 bits per heavy atom. The van der Waals surface area contributed by atoms with E-state index < -0.39 is 0 Å². The Kier molecular flexibility index (Phi) is 4.71. The summed E-state index contributed by atoms with van der Waals surface area (Å²) in [6.45, 7) is 2.14. The van der Waals surface area contributed by atoms with Crippen molar-refractivity contribution in [3.63, 3.8) is 0 Å². The topological polar surface area (TPSA) is 0 Å². The molecule has 0 aliphatic heterocycles. The Morgan fingerprint density at radius 3 is 2.06 bits per heavy atom. The van der Waals surface area contributed by atoms with Crippen LogP contribution in [0.15, 0.2) is 42.5 Å². The van der Waals surface area contributed by atoms with Crippen molar-refractivity contribution >= 4 is 39.1 Å². The molecule has 0 fully saturated rings. The average Bonchev–Trinajstić information content (AvgIpc) is 2.38. The summed E-state index contributed by atoms with van der Waals surface area (Å²) in [7, 11) is 0. The standard InChI is InChI=1S/C15H13BrCl2/c1-2-10-6-8-11(9-7-10)15(16)14-12(17)4-3-5-13(14)18/h3-9,15H,2H2,1H3. The van der Waals surface area contributed by atoms with E-state index in [-0.39, 0.29) is 4.83 Å². The molecule has 0 saturated carbocycles. The molecule has 0 bridgehead atoms. The molecule has 1 unspecified atom stereocenters. The largest absolute Gasteiger partial charge is 0.0839 e. The Balaban J connectivity index is 2.38. The highest BCUT2D eigenvalue weighted by Gasteiger charge is 2.16. The van der Waals surface area contributed by atoms with Crippen LogP contribution in [0, 0.1) is 0 Å². The molecule has 0 spiro atoms. The van der Waals surface area contributed by atoms with Gasteiger partial charge >= 0.3 is 0 Å². The van der Waals surface area contributed by atoms with Gasteiger partial charge in [-0.05, 0) is 29.7 Å². The zero-order chi connectivity index (χ0) is 13.1. The number of hydrogen-bond acceptors (Lipinski definition) is 0. The minimum absolute atomic E-state index is 0.0182. The second kappa shape index (κ2) is 6.10. The van der Waals surface area contributed by atoms with E-state index in [2.05, 4.69) is 47.1 Å². The van der Waals surface area contributed by atoms with Gasteiger partial charge in [0.2, 0.25) is 0 Å². The lowest BCUT2D eigenvalue weighted by atomic mass is 10.0. The first kappa shape index (κ1) is 13.9. The molecule has 0 saturated heterocycles. The zero-order valence-electron chi connectivity index (χ0n) is 9.96. The molecule has 2 aromatic carbocycles. The van der Waals surface area contributed by atoms with Gasteiger partial charge in [-0.15, -0.1) is 0 Å². The van der Waals surface area contributed by atoms with Crippen molar-refractivity contribution < 1.29 is 0 Å². The van der Waals surface area contributed by atoms with E-state index in [0.717, 1.165) is 17.5 Å². The normalized spacial score (nSPS) is 12.4. The summed E-state index contributed by atoms with van der Waals surface area (Å²) in [5, 5.41) is 1.37. The molecule has 3 heteroatoms. The number of rotatable bonds is 3. The van der Waals surface area contributed by atoms with Gasteiger partial charge in [-0.25, -0.2) is 0 Å². The van der Waals surface area contributed by atoms with Crippen LogP contribution in [0.3, 0.4) is 0 Å². The third kappa shape index (κ3) is 2.90. The van der Waals surface area contributed by atoms with Crippen LogP contribution in [0.25, 0.3) is 0 Å². The summed E-state index contributed by atoms with van der Waals surface area (Å²) in [5.74, 6) is 0. The molecule has 2 aromatic rings. The third-order valence-corrected chi connectivity index (χ3v) is 4.58. The lowest BCUT2D eigenvalue weighted by molar-refractivity contribution is 1.12. The maximum absolute atomic E-state index is 6.22. The van der Waals surface area contributed by atoms with Crippen LogP contribution in [-0.4, -0.2) is 0 Å². The van der Waals surface area contributed by atoms with E-state index in [1.807, 2.05) is 18.2 Å². The van der Waals surface area contributed by atoms with Crippen LogP contribution in [0.1, 0.15) is 28.4 Å². The van der Waals surface area contributed by atoms with Crippen molar-refractivity contribution in [3.8, 4) is 0 Å². The van der Waals surface area contributed by atoms with E-state index in [1.54, 1.807) is 0 Å². The number of aryl methyl sites for hydroxylation is 1. The van der Waals surface area contributed by atoms with Gasteiger partial charge in [0.1, 0.15) is 0 Å². The van der Waals surface area contributed by atoms with Gasteiger partial charge in [-0.2, -0.15) is 0 Å². The minimum Gasteiger partial charge on any atom is -0.0839 e. The van der Waals surface area contributed by atoms with Gasteiger partial charge in [-0.3, -0.25) is 0 Å². The van der Waals surface area contributed by atoms with Crippen molar-refractivity contribution in [2.45, 2.75) is 18.2 Å². The summed E-state index contributed by atoms with van der Waals surface area (Å²) in [4.78, 5) is 0.0182. The quantitative estimate of drug-likeness (QED) is 0.596. The second-order valence-corrected chi connectivity index (χ2v) is 5.82. The monoisotopic (exact) mass is 342 g/mol. The Hall–Kier alpha value is -0.500. The maximum atomic E-state index is 6.22. The summed E-state index contributed by atoms with van der Waals surface area (Å²) in [5.41, 5.74) is 3.40. The highest BCUT2D eigenvalue weighted by molar-refractivity contribution is 9.09. The molecule has 0 nitrogen and oxygen atoms in total. The van der Waals surface area contributed by atoms with Crippen molar-refractivity contribution in [1.29, 1.82) is 0 Å². The first-order valence-electron chi connectivity index (χ1n) is 5.80. The van der Waals surface area contributed by atoms with E-state index in [4.69, 9.17) is 23.2 Å². The van der Waals surface area contributed by atoms with E-state index in [1.165, 1.54) is 5.56 Å². The molecule has 0 aromatic heterocycles. The van der Waals surface area contributed by atoms with Crippen molar-refractivity contribution in [2.24, 2.45) is 0 Å².